The summed E-state index contributed by atoms with van der Waals surface area (Å²) in [6.45, 7) is 1.76. The Morgan fingerprint density at radius 2 is 1.94 bits per heavy atom. The molecule has 32 heavy (non-hydrogen) atoms. The van der Waals surface area contributed by atoms with E-state index >= 15 is 0 Å². The molecule has 2 aromatic carbocycles. The van der Waals surface area contributed by atoms with E-state index in [4.69, 9.17) is 5.11 Å². The number of nitriles is 1. The highest BCUT2D eigenvalue weighted by atomic mass is 32.2. The van der Waals surface area contributed by atoms with E-state index in [9.17, 15) is 10.2 Å². The molecule has 0 aliphatic rings. The van der Waals surface area contributed by atoms with Crippen LogP contribution in [0.3, 0.4) is 0 Å². The molecule has 0 spiro atoms. The number of anilines is 1. The van der Waals surface area contributed by atoms with Gasteiger partial charge in [0.05, 0.1) is 6.61 Å². The molecule has 1 unspecified atom stereocenters. The van der Waals surface area contributed by atoms with Crippen LogP contribution < -0.4 is 9.62 Å². The third-order valence-corrected chi connectivity index (χ3v) is 6.35. The fraction of sp³-hybridized carbons (Fsp3) is 0.292. The molecule has 0 fully saturated rings. The third kappa shape index (κ3) is 5.02. The van der Waals surface area contributed by atoms with Crippen LogP contribution in [-0.4, -0.2) is 43.0 Å². The summed E-state index contributed by atoms with van der Waals surface area (Å²) in [4.78, 5) is 13.2. The number of hydrogen-bond donors (Lipinski definition) is 2. The largest absolute Gasteiger partial charge is 0.394 e. The summed E-state index contributed by atoms with van der Waals surface area (Å²) in [5.74, 6) is 0. The van der Waals surface area contributed by atoms with Crippen molar-refractivity contribution in [3.8, 4) is 17.3 Å². The number of hydrogen-bond acceptors (Lipinski definition) is 7. The number of benzene rings is 2. The maximum absolute atomic E-state index is 10.6. The van der Waals surface area contributed by atoms with Crippen molar-refractivity contribution in [3.05, 3.63) is 64.0 Å². The number of nitrogens with one attached hydrogen (secondary N) is 1. The van der Waals surface area contributed by atoms with E-state index < -0.39 is 6.04 Å². The summed E-state index contributed by atoms with van der Waals surface area (Å²) < 4.78 is 5.02. The zero-order valence-corrected chi connectivity index (χ0v) is 19.5. The molecular formula is C24H27N5O2S. The van der Waals surface area contributed by atoms with E-state index in [0.29, 0.717) is 4.91 Å². The van der Waals surface area contributed by atoms with Crippen LogP contribution in [0.1, 0.15) is 12.6 Å². The van der Waals surface area contributed by atoms with Crippen LogP contribution in [-0.2, 0) is 7.05 Å². The number of aromatic nitrogens is 1. The lowest BCUT2D eigenvalue weighted by Gasteiger charge is -2.14. The van der Waals surface area contributed by atoms with Crippen molar-refractivity contribution in [3.63, 3.8) is 0 Å². The molecule has 0 saturated carbocycles. The first-order valence-electron chi connectivity index (χ1n) is 10.2. The predicted molar refractivity (Wildman–Crippen MR) is 133 cm³/mol. The van der Waals surface area contributed by atoms with Gasteiger partial charge in [-0.1, -0.05) is 23.4 Å². The first-order chi connectivity index (χ1) is 15.4. The molecule has 7 nitrogen and oxygen atoms in total. The molecule has 0 aliphatic carbocycles. The number of aliphatic hydroxyl groups excluding tert-OH is 1. The smallest absolute Gasteiger partial charge is 0.128 e. The highest BCUT2D eigenvalue weighted by Gasteiger charge is 2.14. The Bertz CT molecular complexity index is 1190. The Hall–Kier alpha value is -3.12. The van der Waals surface area contributed by atoms with E-state index in [-0.39, 0.29) is 13.2 Å². The number of nitroso groups, excluding NO2 is 1. The second-order valence-corrected chi connectivity index (χ2v) is 8.66. The van der Waals surface area contributed by atoms with Gasteiger partial charge in [-0.2, -0.15) is 10.2 Å². The SMILES string of the molecule is C/C(=C(/C#N)SNCC(CO)N=O)c1ccc(-c2ccc3cc(N(C)C)ccc3c2)n1C. The third-order valence-electron chi connectivity index (χ3n) is 5.44. The average Bonchev–Trinajstić information content (AvgIpc) is 3.19. The van der Waals surface area contributed by atoms with Gasteiger partial charge in [-0.25, -0.2) is 0 Å². The van der Waals surface area contributed by atoms with Gasteiger partial charge in [0.2, 0.25) is 0 Å². The molecule has 1 atom stereocenters. The molecule has 3 aromatic rings. The Labute approximate surface area is 192 Å². The number of aliphatic hydroxyl groups is 1. The molecule has 0 saturated heterocycles. The lowest BCUT2D eigenvalue weighted by atomic mass is 10.0. The van der Waals surface area contributed by atoms with Gasteiger partial charge in [-0.15, -0.1) is 0 Å². The minimum Gasteiger partial charge on any atom is -0.394 e. The summed E-state index contributed by atoms with van der Waals surface area (Å²) in [6, 6.07) is 18.4. The van der Waals surface area contributed by atoms with Crippen LogP contribution in [0.5, 0.6) is 0 Å². The molecule has 1 aromatic heterocycles. The maximum atomic E-state index is 10.6. The Morgan fingerprint density at radius 1 is 1.22 bits per heavy atom. The summed E-state index contributed by atoms with van der Waals surface area (Å²) in [6.07, 6.45) is 0. The fourth-order valence-electron chi connectivity index (χ4n) is 3.49. The van der Waals surface area contributed by atoms with E-state index in [1.165, 1.54) is 10.8 Å². The molecule has 0 radical (unpaired) electrons. The standard InChI is InChI=1S/C24H27N5O2S/c1-16(24(13-25)32-26-14-20(15-30)27-31)22-9-10-23(29(22)4)19-6-5-18-12-21(28(2)3)8-7-17(18)11-19/h5-12,20,26,30H,14-15H2,1-4H3/b24-16+. The maximum Gasteiger partial charge on any atom is 0.128 e. The number of allylic oxidation sites excluding steroid dienone is 2. The molecule has 1 heterocycles. The van der Waals surface area contributed by atoms with Gasteiger partial charge in [0, 0.05) is 44.8 Å². The number of nitrogens with zero attached hydrogens (tertiary/aromatic N) is 4. The minimum atomic E-state index is -0.730. The molecule has 166 valence electrons. The predicted octanol–water partition coefficient (Wildman–Crippen LogP) is 4.53. The molecule has 0 aliphatic heterocycles. The van der Waals surface area contributed by atoms with E-state index in [2.05, 4.69) is 67.9 Å². The molecule has 3 rings (SSSR count). The molecule has 8 heteroatoms. The van der Waals surface area contributed by atoms with Crippen LogP contribution in [0.4, 0.5) is 5.69 Å². The molecular weight excluding hydrogens is 422 g/mol. The number of fused-ring (bicyclic) bond motifs is 1. The van der Waals surface area contributed by atoms with Gasteiger partial charge in [-0.3, -0.25) is 4.72 Å². The van der Waals surface area contributed by atoms with E-state index in [1.807, 2.05) is 34.1 Å². The summed E-state index contributed by atoms with van der Waals surface area (Å²) in [5.41, 5.74) is 5.08. The van der Waals surface area contributed by atoms with Gasteiger partial charge < -0.3 is 14.6 Å². The van der Waals surface area contributed by atoms with E-state index in [1.54, 1.807) is 0 Å². The van der Waals surface area contributed by atoms with E-state index in [0.717, 1.165) is 40.2 Å². The second-order valence-electron chi connectivity index (χ2n) is 7.76. The summed E-state index contributed by atoms with van der Waals surface area (Å²) in [5, 5.41) is 23.9. The highest BCUT2D eigenvalue weighted by molar-refractivity contribution is 8.01. The fourth-order valence-corrected chi connectivity index (χ4v) is 4.22. The Balaban J connectivity index is 1.88. The second kappa shape index (κ2) is 10.5. The molecule has 0 bridgehead atoms. The van der Waals surface area contributed by atoms with Crippen LogP contribution in [0, 0.1) is 16.2 Å². The van der Waals surface area contributed by atoms with Gasteiger partial charge >= 0.3 is 0 Å². The first-order valence-corrected chi connectivity index (χ1v) is 11.0. The number of rotatable bonds is 9. The highest BCUT2D eigenvalue weighted by Crippen LogP contribution is 2.31. The van der Waals surface area contributed by atoms with Crippen LogP contribution in [0.25, 0.3) is 27.6 Å². The van der Waals surface area contributed by atoms with Crippen LogP contribution in [0.2, 0.25) is 0 Å². The molecule has 0 amide bonds. The van der Waals surface area contributed by atoms with Gasteiger partial charge in [0.25, 0.3) is 0 Å². The van der Waals surface area contributed by atoms with Crippen LogP contribution >= 0.6 is 11.9 Å². The van der Waals surface area contributed by atoms with Crippen molar-refractivity contribution >= 4 is 34.0 Å². The van der Waals surface area contributed by atoms with Crippen molar-refractivity contribution in [2.75, 3.05) is 32.1 Å². The van der Waals surface area contributed by atoms with Crippen molar-refractivity contribution in [1.82, 2.24) is 9.29 Å². The van der Waals surface area contributed by atoms with Crippen molar-refractivity contribution in [2.24, 2.45) is 12.2 Å². The monoisotopic (exact) mass is 449 g/mol. The van der Waals surface area contributed by atoms with Crippen molar-refractivity contribution in [2.45, 2.75) is 13.0 Å². The lowest BCUT2D eigenvalue weighted by molar-refractivity contribution is 0.267. The van der Waals surface area contributed by atoms with Gasteiger partial charge in [0.15, 0.2) is 0 Å². The molecule has 2 N–H and O–H groups in total. The van der Waals surface area contributed by atoms with Crippen LogP contribution in [0.15, 0.2) is 58.6 Å². The lowest BCUT2D eigenvalue weighted by Crippen LogP contribution is -2.23. The van der Waals surface area contributed by atoms with Gasteiger partial charge in [-0.05, 0) is 71.1 Å². The first kappa shape index (κ1) is 23.5. The summed E-state index contributed by atoms with van der Waals surface area (Å²) in [7, 11) is 6.05. The Morgan fingerprint density at radius 3 is 2.59 bits per heavy atom. The summed E-state index contributed by atoms with van der Waals surface area (Å²) >= 11 is 1.14. The Kier molecular flexibility index (Phi) is 7.70. The zero-order valence-electron chi connectivity index (χ0n) is 18.7. The normalized spacial score (nSPS) is 12.9. The van der Waals surface area contributed by atoms with Crippen molar-refractivity contribution in [1.29, 1.82) is 5.26 Å². The minimum absolute atomic E-state index is 0.189. The zero-order chi connectivity index (χ0) is 23.3. The van der Waals surface area contributed by atoms with Crippen molar-refractivity contribution < 1.29 is 5.11 Å². The average molecular weight is 450 g/mol. The topological polar surface area (TPSA) is 93.6 Å². The van der Waals surface area contributed by atoms with Gasteiger partial charge in [0.1, 0.15) is 17.0 Å². The quantitative estimate of drug-likeness (QED) is 0.283.